The summed E-state index contributed by atoms with van der Waals surface area (Å²) >= 11 is 0. The number of nitrogens with zero attached hydrogens (tertiary/aromatic N) is 4. The summed E-state index contributed by atoms with van der Waals surface area (Å²) in [6.45, 7) is 4.47. The van der Waals surface area contributed by atoms with Gasteiger partial charge in [0.1, 0.15) is 6.33 Å². The van der Waals surface area contributed by atoms with E-state index in [1.165, 1.54) is 18.5 Å². The van der Waals surface area contributed by atoms with Crippen molar-refractivity contribution in [3.8, 4) is 0 Å². The Labute approximate surface area is 101 Å². The maximum Gasteiger partial charge on any atom is 0.116 e. The molecule has 1 aromatic carbocycles. The Morgan fingerprint density at radius 1 is 1.06 bits per heavy atom. The van der Waals surface area contributed by atoms with E-state index in [1.807, 2.05) is 12.4 Å². The van der Waals surface area contributed by atoms with Gasteiger partial charge in [0.25, 0.3) is 0 Å². The van der Waals surface area contributed by atoms with Gasteiger partial charge in [0.15, 0.2) is 0 Å². The third-order valence-corrected chi connectivity index (χ3v) is 3.44. The molecule has 0 amide bonds. The van der Waals surface area contributed by atoms with Gasteiger partial charge in [0.05, 0.1) is 11.0 Å². The van der Waals surface area contributed by atoms with Gasteiger partial charge >= 0.3 is 0 Å². The van der Waals surface area contributed by atoms with Gasteiger partial charge in [-0.05, 0) is 32.1 Å². The van der Waals surface area contributed by atoms with Crippen molar-refractivity contribution < 1.29 is 0 Å². The summed E-state index contributed by atoms with van der Waals surface area (Å²) in [5.41, 5.74) is 2.28. The number of para-hydroxylation sites is 2. The SMILES string of the molecule is CN1CCCN(n2cnc3ccccc32)CC1. The molecule has 1 fully saturated rings. The number of aromatic nitrogens is 2. The van der Waals surface area contributed by atoms with Crippen LogP contribution < -0.4 is 5.01 Å². The average Bonchev–Trinajstić information content (AvgIpc) is 2.66. The maximum atomic E-state index is 4.45. The number of hydrogen-bond donors (Lipinski definition) is 0. The van der Waals surface area contributed by atoms with Crippen molar-refractivity contribution in [2.24, 2.45) is 0 Å². The highest BCUT2D eigenvalue weighted by Gasteiger charge is 2.14. The van der Waals surface area contributed by atoms with Crippen LogP contribution in [0.3, 0.4) is 0 Å². The van der Waals surface area contributed by atoms with E-state index < -0.39 is 0 Å². The molecule has 1 aromatic heterocycles. The highest BCUT2D eigenvalue weighted by atomic mass is 15.6. The predicted molar refractivity (Wildman–Crippen MR) is 69.8 cm³/mol. The Morgan fingerprint density at radius 2 is 1.94 bits per heavy atom. The van der Waals surface area contributed by atoms with E-state index in [2.05, 4.69) is 44.8 Å². The lowest BCUT2D eigenvalue weighted by Crippen LogP contribution is -2.37. The van der Waals surface area contributed by atoms with Crippen LogP contribution in [0.4, 0.5) is 0 Å². The summed E-state index contributed by atoms with van der Waals surface area (Å²) in [5, 5.41) is 2.39. The van der Waals surface area contributed by atoms with Crippen LogP contribution in [0, 0.1) is 0 Å². The summed E-state index contributed by atoms with van der Waals surface area (Å²) in [6.07, 6.45) is 3.15. The van der Waals surface area contributed by atoms with Gasteiger partial charge in [-0.2, -0.15) is 0 Å². The molecule has 0 radical (unpaired) electrons. The molecule has 17 heavy (non-hydrogen) atoms. The van der Waals surface area contributed by atoms with E-state index >= 15 is 0 Å². The zero-order valence-corrected chi connectivity index (χ0v) is 10.2. The average molecular weight is 230 g/mol. The molecule has 0 saturated carbocycles. The van der Waals surface area contributed by atoms with E-state index in [0.717, 1.165) is 25.2 Å². The molecule has 0 atom stereocenters. The number of fused-ring (bicyclic) bond motifs is 1. The molecule has 0 N–H and O–H groups in total. The highest BCUT2D eigenvalue weighted by Crippen LogP contribution is 2.13. The quantitative estimate of drug-likeness (QED) is 0.738. The zero-order valence-electron chi connectivity index (χ0n) is 10.2. The van der Waals surface area contributed by atoms with E-state index in [9.17, 15) is 0 Å². The molecule has 1 aliphatic rings. The van der Waals surface area contributed by atoms with E-state index in [4.69, 9.17) is 0 Å². The molecule has 0 spiro atoms. The van der Waals surface area contributed by atoms with Crippen LogP contribution in [-0.2, 0) is 0 Å². The van der Waals surface area contributed by atoms with Gasteiger partial charge < -0.3 is 9.91 Å². The minimum absolute atomic E-state index is 1.07. The van der Waals surface area contributed by atoms with Gasteiger partial charge in [0.2, 0.25) is 0 Å². The lowest BCUT2D eigenvalue weighted by atomic mass is 10.3. The summed E-state index contributed by atoms with van der Waals surface area (Å²) in [5.74, 6) is 0. The Hall–Kier alpha value is -1.55. The first-order chi connectivity index (χ1) is 8.34. The lowest BCUT2D eigenvalue weighted by molar-refractivity contribution is 0.358. The van der Waals surface area contributed by atoms with Crippen LogP contribution in [0.2, 0.25) is 0 Å². The summed E-state index contributed by atoms with van der Waals surface area (Å²) in [4.78, 5) is 6.84. The third-order valence-electron chi connectivity index (χ3n) is 3.44. The van der Waals surface area contributed by atoms with Gasteiger partial charge in [-0.1, -0.05) is 12.1 Å². The van der Waals surface area contributed by atoms with Crippen LogP contribution in [0.25, 0.3) is 11.0 Å². The Balaban J connectivity index is 1.92. The molecule has 0 bridgehead atoms. The topological polar surface area (TPSA) is 24.3 Å². The molecule has 0 aliphatic carbocycles. The molecule has 4 nitrogen and oxygen atoms in total. The second-order valence-corrected chi connectivity index (χ2v) is 4.69. The van der Waals surface area contributed by atoms with Crippen molar-refractivity contribution in [2.45, 2.75) is 6.42 Å². The van der Waals surface area contributed by atoms with Gasteiger partial charge in [-0.15, -0.1) is 0 Å². The largest absolute Gasteiger partial charge is 0.310 e. The molecule has 2 aromatic rings. The number of imidazole rings is 1. The minimum Gasteiger partial charge on any atom is -0.310 e. The number of likely N-dealkylation sites (N-methyl/N-ethyl adjacent to an activating group) is 1. The first-order valence-electron chi connectivity index (χ1n) is 6.20. The van der Waals surface area contributed by atoms with Crippen LogP contribution >= 0.6 is 0 Å². The molecule has 1 saturated heterocycles. The molecule has 1 aliphatic heterocycles. The molecule has 3 rings (SSSR count). The fraction of sp³-hybridized carbons (Fsp3) is 0.462. The van der Waals surface area contributed by atoms with Gasteiger partial charge in [-0.3, -0.25) is 0 Å². The Bertz CT molecular complexity index is 505. The third kappa shape index (κ3) is 2.00. The highest BCUT2D eigenvalue weighted by molar-refractivity contribution is 5.75. The predicted octanol–water partition coefficient (Wildman–Crippen LogP) is 1.31. The van der Waals surface area contributed by atoms with Crippen molar-refractivity contribution in [3.63, 3.8) is 0 Å². The number of rotatable bonds is 1. The molecule has 2 heterocycles. The molecule has 0 unspecified atom stereocenters. The number of hydrogen-bond acceptors (Lipinski definition) is 3. The molecule has 4 heteroatoms. The smallest absolute Gasteiger partial charge is 0.116 e. The summed E-state index contributed by atoms with van der Waals surface area (Å²) in [6, 6.07) is 8.31. The van der Waals surface area contributed by atoms with E-state index in [1.54, 1.807) is 0 Å². The van der Waals surface area contributed by atoms with Crippen molar-refractivity contribution in [3.05, 3.63) is 30.6 Å². The van der Waals surface area contributed by atoms with Gasteiger partial charge in [-0.25, -0.2) is 9.66 Å². The second-order valence-electron chi connectivity index (χ2n) is 4.69. The minimum atomic E-state index is 1.07. The van der Waals surface area contributed by atoms with Crippen molar-refractivity contribution >= 4 is 11.0 Å². The van der Waals surface area contributed by atoms with Crippen LogP contribution in [0.15, 0.2) is 30.6 Å². The first kappa shape index (κ1) is 10.6. The summed E-state index contributed by atoms with van der Waals surface area (Å²) < 4.78 is 2.20. The zero-order chi connectivity index (χ0) is 11.7. The Kier molecular flexibility index (Phi) is 2.73. The first-order valence-corrected chi connectivity index (χ1v) is 6.20. The van der Waals surface area contributed by atoms with E-state index in [0.29, 0.717) is 0 Å². The second kappa shape index (κ2) is 4.37. The van der Waals surface area contributed by atoms with Crippen LogP contribution in [0.1, 0.15) is 6.42 Å². The molecular weight excluding hydrogens is 212 g/mol. The standard InChI is InChI=1S/C13H18N4/c1-15-7-4-8-16(10-9-15)17-11-14-12-5-2-3-6-13(12)17/h2-3,5-6,11H,4,7-10H2,1H3. The van der Waals surface area contributed by atoms with Crippen molar-refractivity contribution in [1.29, 1.82) is 0 Å². The fourth-order valence-corrected chi connectivity index (χ4v) is 2.42. The normalized spacial score (nSPS) is 18.5. The summed E-state index contributed by atoms with van der Waals surface area (Å²) in [7, 11) is 2.19. The maximum absolute atomic E-state index is 4.45. The van der Waals surface area contributed by atoms with Crippen molar-refractivity contribution in [1.82, 2.24) is 14.6 Å². The lowest BCUT2D eigenvalue weighted by Gasteiger charge is -2.24. The molecule has 90 valence electrons. The Morgan fingerprint density at radius 3 is 2.88 bits per heavy atom. The van der Waals surface area contributed by atoms with Gasteiger partial charge in [0, 0.05) is 19.6 Å². The van der Waals surface area contributed by atoms with Crippen LogP contribution in [0.5, 0.6) is 0 Å². The van der Waals surface area contributed by atoms with Crippen molar-refractivity contribution in [2.75, 3.05) is 38.2 Å². The monoisotopic (exact) mass is 230 g/mol. The fourth-order valence-electron chi connectivity index (χ4n) is 2.42. The number of benzene rings is 1. The molecular formula is C13H18N4. The van der Waals surface area contributed by atoms with Crippen LogP contribution in [-0.4, -0.2) is 47.8 Å². The van der Waals surface area contributed by atoms with E-state index in [-0.39, 0.29) is 0 Å².